The van der Waals surface area contributed by atoms with Crippen LogP contribution < -0.4 is 19.7 Å². The van der Waals surface area contributed by atoms with Crippen molar-refractivity contribution in [3.8, 4) is 16.9 Å². The Morgan fingerprint density at radius 2 is 1.89 bits per heavy atom. The van der Waals surface area contributed by atoms with Gasteiger partial charge in [-0.2, -0.15) is 0 Å². The van der Waals surface area contributed by atoms with E-state index in [2.05, 4.69) is 24.7 Å². The molecule has 2 amide bonds. The van der Waals surface area contributed by atoms with Crippen LogP contribution in [-0.4, -0.2) is 38.7 Å². The number of amides is 2. The van der Waals surface area contributed by atoms with Gasteiger partial charge in [-0.05, 0) is 42.0 Å². The molecule has 10 nitrogen and oxygen atoms in total. The predicted octanol–water partition coefficient (Wildman–Crippen LogP) is 4.96. The third-order valence-corrected chi connectivity index (χ3v) is 6.75. The molecule has 0 aliphatic heterocycles. The molecule has 2 aromatic heterocycles. The third-order valence-electron chi connectivity index (χ3n) is 5.09. The molecule has 0 saturated carbocycles. The number of carbonyl (C=O) groups is 1. The van der Waals surface area contributed by atoms with Crippen molar-refractivity contribution < 1.29 is 31.3 Å². The highest BCUT2D eigenvalue weighted by Gasteiger charge is 2.25. The maximum atomic E-state index is 13.8. The molecule has 14 heteroatoms. The van der Waals surface area contributed by atoms with Crippen molar-refractivity contribution in [2.24, 2.45) is 0 Å². The number of methoxy groups -OCH3 is 1. The summed E-state index contributed by atoms with van der Waals surface area (Å²) < 4.78 is 64.7. The number of nitrogens with one attached hydrogen (secondary N) is 2. The minimum Gasteiger partial charge on any atom is -0.495 e. The average Bonchev–Trinajstić information content (AvgIpc) is 3.38. The molecule has 2 aromatic carbocycles. The second-order valence-corrected chi connectivity index (χ2v) is 9.46. The van der Waals surface area contributed by atoms with Crippen LogP contribution in [0.4, 0.5) is 30.9 Å². The van der Waals surface area contributed by atoms with E-state index in [-0.39, 0.29) is 38.6 Å². The molecule has 0 aliphatic rings. The fraction of sp³-hybridized carbons (Fsp3) is 0.0870. The van der Waals surface area contributed by atoms with Crippen LogP contribution in [0.25, 0.3) is 11.1 Å². The Morgan fingerprint density at radius 3 is 2.49 bits per heavy atom. The van der Waals surface area contributed by atoms with Gasteiger partial charge in [0.15, 0.2) is 17.5 Å². The maximum Gasteiger partial charge on any atom is 0.327 e. The molecule has 0 atom stereocenters. The fourth-order valence-electron chi connectivity index (χ4n) is 3.34. The summed E-state index contributed by atoms with van der Waals surface area (Å²) in [5.74, 6) is -1.90. The molecule has 192 valence electrons. The van der Waals surface area contributed by atoms with Crippen molar-refractivity contribution in [1.29, 1.82) is 0 Å². The van der Waals surface area contributed by atoms with Gasteiger partial charge in [-0.15, -0.1) is 0 Å². The number of rotatable bonds is 7. The minimum atomic E-state index is -4.04. The number of hydrogen-bond donors (Lipinski definition) is 2. The quantitative estimate of drug-likeness (QED) is 0.334. The van der Waals surface area contributed by atoms with Gasteiger partial charge < -0.3 is 14.6 Å². The van der Waals surface area contributed by atoms with E-state index >= 15 is 0 Å². The van der Waals surface area contributed by atoms with Crippen molar-refractivity contribution in [1.82, 2.24) is 15.5 Å². The first-order chi connectivity index (χ1) is 17.6. The van der Waals surface area contributed by atoms with E-state index in [1.165, 1.54) is 56.8 Å². The molecular formula is C23H18ClF2N5O5S. The summed E-state index contributed by atoms with van der Waals surface area (Å²) in [5, 5.41) is 6.08. The monoisotopic (exact) mass is 549 g/mol. The zero-order valence-electron chi connectivity index (χ0n) is 19.2. The number of anilines is 3. The number of urea groups is 1. The maximum absolute atomic E-state index is 13.8. The summed E-state index contributed by atoms with van der Waals surface area (Å²) in [6.07, 6.45) is 2.26. The van der Waals surface area contributed by atoms with E-state index in [4.69, 9.17) is 16.3 Å². The van der Waals surface area contributed by atoms with Gasteiger partial charge in [0.2, 0.25) is 0 Å². The Kier molecular flexibility index (Phi) is 7.27. The van der Waals surface area contributed by atoms with Crippen molar-refractivity contribution >= 4 is 45.0 Å². The molecule has 2 heterocycles. The molecular weight excluding hydrogens is 532 g/mol. The van der Waals surface area contributed by atoms with Gasteiger partial charge in [0, 0.05) is 24.9 Å². The molecule has 0 unspecified atom stereocenters. The Bertz CT molecular complexity index is 1550. The van der Waals surface area contributed by atoms with E-state index < -0.39 is 27.7 Å². The number of carbonyl (C=O) groups excluding carboxylic acids is 1. The number of nitrogens with zero attached hydrogens (tertiary/aromatic N) is 3. The van der Waals surface area contributed by atoms with E-state index in [1.54, 1.807) is 0 Å². The van der Waals surface area contributed by atoms with Gasteiger partial charge in [0.05, 0.1) is 17.8 Å². The highest BCUT2D eigenvalue weighted by Crippen LogP contribution is 2.41. The van der Waals surface area contributed by atoms with Crippen LogP contribution in [0.15, 0.2) is 70.4 Å². The highest BCUT2D eigenvalue weighted by atomic mass is 35.5. The number of aromatic nitrogens is 2. The van der Waals surface area contributed by atoms with Crippen LogP contribution in [0, 0.1) is 11.6 Å². The summed E-state index contributed by atoms with van der Waals surface area (Å²) in [7, 11) is -1.30. The number of ether oxygens (including phenoxy) is 1. The van der Waals surface area contributed by atoms with Crippen molar-refractivity contribution in [3.63, 3.8) is 0 Å². The first kappa shape index (κ1) is 25.9. The number of hydrogen-bond acceptors (Lipinski definition) is 7. The molecule has 2 N–H and O–H groups in total. The summed E-state index contributed by atoms with van der Waals surface area (Å²) in [5.41, 5.74) is 0.765. The second kappa shape index (κ2) is 10.4. The molecule has 4 aromatic rings. The fourth-order valence-corrected chi connectivity index (χ4v) is 4.54. The minimum absolute atomic E-state index is 0.0171. The lowest BCUT2D eigenvalue weighted by Crippen LogP contribution is -2.35. The van der Waals surface area contributed by atoms with Crippen LogP contribution in [0.3, 0.4) is 0 Å². The molecule has 0 spiro atoms. The topological polar surface area (TPSA) is 127 Å². The molecule has 0 radical (unpaired) electrons. The predicted molar refractivity (Wildman–Crippen MR) is 131 cm³/mol. The normalized spacial score (nSPS) is 11.2. The lowest BCUT2D eigenvalue weighted by molar-refractivity contribution is 0.250. The van der Waals surface area contributed by atoms with E-state index in [0.717, 1.165) is 23.2 Å². The average molecular weight is 550 g/mol. The van der Waals surface area contributed by atoms with Gasteiger partial charge in [-0.3, -0.25) is 4.72 Å². The van der Waals surface area contributed by atoms with Crippen LogP contribution in [0.2, 0.25) is 5.02 Å². The molecule has 0 fully saturated rings. The first-order valence-electron chi connectivity index (χ1n) is 10.4. The van der Waals surface area contributed by atoms with E-state index in [9.17, 15) is 22.0 Å². The summed E-state index contributed by atoms with van der Waals surface area (Å²) in [6, 6.07) is 9.39. The second-order valence-electron chi connectivity index (χ2n) is 7.37. The Balaban J connectivity index is 1.75. The van der Waals surface area contributed by atoms with Gasteiger partial charge >= 0.3 is 6.03 Å². The van der Waals surface area contributed by atoms with Gasteiger partial charge in [-0.25, -0.2) is 31.9 Å². The van der Waals surface area contributed by atoms with Gasteiger partial charge in [0.25, 0.3) is 10.0 Å². The summed E-state index contributed by atoms with van der Waals surface area (Å²) in [4.78, 5) is 17.9. The Morgan fingerprint density at radius 1 is 1.11 bits per heavy atom. The molecule has 0 saturated heterocycles. The number of halogens is 3. The van der Waals surface area contributed by atoms with Crippen LogP contribution in [-0.2, 0) is 10.0 Å². The molecule has 0 bridgehead atoms. The highest BCUT2D eigenvalue weighted by molar-refractivity contribution is 7.92. The zero-order chi connectivity index (χ0) is 26.7. The zero-order valence-corrected chi connectivity index (χ0v) is 20.8. The number of sulfonamides is 1. The number of benzene rings is 2. The van der Waals surface area contributed by atoms with Crippen molar-refractivity contribution in [2.45, 2.75) is 4.90 Å². The van der Waals surface area contributed by atoms with Gasteiger partial charge in [0.1, 0.15) is 22.7 Å². The van der Waals surface area contributed by atoms with E-state index in [0.29, 0.717) is 5.56 Å². The summed E-state index contributed by atoms with van der Waals surface area (Å²) >= 11 is 6.47. The van der Waals surface area contributed by atoms with E-state index in [1.807, 2.05) is 0 Å². The SMILES string of the molecule is CNC(=O)N(c1ccc(S(=O)(=O)Nc2ccon2)cn1)c1cc(Cl)c(-c2ccc(F)c(F)c2)cc1OC. The van der Waals surface area contributed by atoms with Crippen LogP contribution in [0.5, 0.6) is 5.75 Å². The Hall–Kier alpha value is -4.23. The van der Waals surface area contributed by atoms with Crippen molar-refractivity contribution in [3.05, 3.63) is 77.6 Å². The molecule has 0 aliphatic carbocycles. The number of pyridine rings is 1. The van der Waals surface area contributed by atoms with Crippen molar-refractivity contribution in [2.75, 3.05) is 23.8 Å². The summed E-state index contributed by atoms with van der Waals surface area (Å²) in [6.45, 7) is 0. The van der Waals surface area contributed by atoms with Gasteiger partial charge in [-0.1, -0.05) is 22.8 Å². The molecule has 37 heavy (non-hydrogen) atoms. The lowest BCUT2D eigenvalue weighted by atomic mass is 10.0. The van der Waals surface area contributed by atoms with Crippen LogP contribution >= 0.6 is 11.6 Å². The van der Waals surface area contributed by atoms with Crippen LogP contribution in [0.1, 0.15) is 0 Å². The Labute approximate surface area is 214 Å². The largest absolute Gasteiger partial charge is 0.495 e. The third kappa shape index (κ3) is 5.32. The standard InChI is InChI=1S/C23H18ClF2N5O5S/c1-27-23(32)31(22-6-4-14(12-28-22)37(33,34)30-21-7-8-36-29-21)19-11-16(24)15(10-20(19)35-2)13-3-5-17(25)18(26)9-13/h3-12H,1-2H3,(H,27,32)(H,29,30). The lowest BCUT2D eigenvalue weighted by Gasteiger charge is -2.24. The molecule has 4 rings (SSSR count). The first-order valence-corrected chi connectivity index (χ1v) is 12.2. The smallest absolute Gasteiger partial charge is 0.327 e.